The molecule has 1 heterocycles. The molecule has 0 bridgehead atoms. The van der Waals surface area contributed by atoms with E-state index in [0.29, 0.717) is 35.7 Å². The molecule has 3 rings (SSSR count). The van der Waals surface area contributed by atoms with Gasteiger partial charge in [0.2, 0.25) is 0 Å². The number of rotatable bonds is 6. The normalized spacial score (nSPS) is 11.3. The minimum absolute atomic E-state index is 0.329. The third kappa shape index (κ3) is 4.64. The maximum absolute atomic E-state index is 12.7. The molecule has 138 valence electrons. The van der Waals surface area contributed by atoms with Crippen molar-refractivity contribution in [3.8, 4) is 11.5 Å². The minimum Gasteiger partial charge on any atom is -0.493 e. The average Bonchev–Trinajstić information content (AvgIpc) is 2.70. The number of pyridine rings is 1. The Balaban J connectivity index is 1.92. The van der Waals surface area contributed by atoms with Gasteiger partial charge in [0.15, 0.2) is 11.5 Å². The van der Waals surface area contributed by atoms with E-state index < -0.39 is 0 Å². The highest BCUT2D eigenvalue weighted by Crippen LogP contribution is 2.28. The van der Waals surface area contributed by atoms with Gasteiger partial charge < -0.3 is 14.0 Å². The molecule has 27 heavy (non-hydrogen) atoms. The number of carbonyl (C=O) groups excluding carboxylic acids is 1. The number of methoxy groups -OCH3 is 1. The van der Waals surface area contributed by atoms with E-state index in [1.54, 1.807) is 25.3 Å². The lowest BCUT2D eigenvalue weighted by atomic mass is 10.2. The molecular formula is C22H22N2O3. The Bertz CT molecular complexity index is 978. The molecule has 5 nitrogen and oxygen atoms in total. The Labute approximate surface area is 158 Å². The monoisotopic (exact) mass is 362 g/mol. The van der Waals surface area contributed by atoms with Gasteiger partial charge in [0.1, 0.15) is 5.49 Å². The molecule has 0 N–H and O–H groups in total. The van der Waals surface area contributed by atoms with E-state index in [1.807, 2.05) is 66.2 Å². The topological polar surface area (TPSA) is 52.8 Å². The summed E-state index contributed by atoms with van der Waals surface area (Å²) in [4.78, 5) is 17.0. The van der Waals surface area contributed by atoms with Gasteiger partial charge in [0, 0.05) is 18.3 Å². The van der Waals surface area contributed by atoms with Crippen LogP contribution >= 0.6 is 0 Å². The second kappa shape index (κ2) is 8.85. The summed E-state index contributed by atoms with van der Waals surface area (Å²) < 4.78 is 12.8. The molecule has 3 aromatic rings. The zero-order valence-corrected chi connectivity index (χ0v) is 15.5. The molecule has 0 saturated heterocycles. The molecular weight excluding hydrogens is 340 g/mol. The molecule has 0 atom stereocenters. The number of hydrogen-bond acceptors (Lipinski definition) is 3. The lowest BCUT2D eigenvalue weighted by molar-refractivity contribution is 0.0996. The fourth-order valence-corrected chi connectivity index (χ4v) is 2.73. The molecule has 0 aliphatic heterocycles. The zero-order valence-electron chi connectivity index (χ0n) is 15.5. The molecule has 0 aliphatic carbocycles. The van der Waals surface area contributed by atoms with Crippen molar-refractivity contribution in [3.63, 3.8) is 0 Å². The lowest BCUT2D eigenvalue weighted by Gasteiger charge is -2.10. The SMILES string of the molecule is CCOc1ccc(C(=O)N=c2ccccn2Cc2ccccc2)cc1OC. The molecule has 1 aromatic heterocycles. The van der Waals surface area contributed by atoms with E-state index in [9.17, 15) is 4.79 Å². The summed E-state index contributed by atoms with van der Waals surface area (Å²) in [7, 11) is 1.55. The summed E-state index contributed by atoms with van der Waals surface area (Å²) in [5.41, 5.74) is 2.19. The van der Waals surface area contributed by atoms with Crippen LogP contribution in [0.3, 0.4) is 0 Å². The maximum Gasteiger partial charge on any atom is 0.279 e. The van der Waals surface area contributed by atoms with E-state index in [2.05, 4.69) is 4.99 Å². The zero-order chi connectivity index (χ0) is 19.1. The largest absolute Gasteiger partial charge is 0.493 e. The Morgan fingerprint density at radius 1 is 1.00 bits per heavy atom. The molecule has 0 unspecified atom stereocenters. The van der Waals surface area contributed by atoms with Crippen LogP contribution in [-0.2, 0) is 6.54 Å². The van der Waals surface area contributed by atoms with Gasteiger partial charge in [0.05, 0.1) is 13.7 Å². The van der Waals surface area contributed by atoms with Gasteiger partial charge in [-0.3, -0.25) is 4.79 Å². The number of carbonyl (C=O) groups is 1. The summed E-state index contributed by atoms with van der Waals surface area (Å²) in [6.07, 6.45) is 1.91. The van der Waals surface area contributed by atoms with E-state index in [1.165, 1.54) is 0 Å². The first-order valence-corrected chi connectivity index (χ1v) is 8.80. The van der Waals surface area contributed by atoms with Crippen molar-refractivity contribution in [2.75, 3.05) is 13.7 Å². The van der Waals surface area contributed by atoms with Crippen LogP contribution in [0.5, 0.6) is 11.5 Å². The van der Waals surface area contributed by atoms with Gasteiger partial charge in [-0.25, -0.2) is 0 Å². The average molecular weight is 362 g/mol. The molecule has 0 aliphatic rings. The van der Waals surface area contributed by atoms with E-state index in [-0.39, 0.29) is 5.91 Å². The van der Waals surface area contributed by atoms with E-state index in [4.69, 9.17) is 9.47 Å². The van der Waals surface area contributed by atoms with Gasteiger partial charge in [0.25, 0.3) is 5.91 Å². The first kappa shape index (κ1) is 18.5. The summed E-state index contributed by atoms with van der Waals surface area (Å²) in [5.74, 6) is 0.794. The van der Waals surface area contributed by atoms with Crippen molar-refractivity contribution in [1.82, 2.24) is 4.57 Å². The molecule has 5 heteroatoms. The number of hydrogen-bond donors (Lipinski definition) is 0. The fraction of sp³-hybridized carbons (Fsp3) is 0.182. The van der Waals surface area contributed by atoms with Crippen molar-refractivity contribution in [3.05, 3.63) is 89.5 Å². The third-order valence-corrected chi connectivity index (χ3v) is 4.04. The molecule has 0 spiro atoms. The quantitative estimate of drug-likeness (QED) is 0.672. The van der Waals surface area contributed by atoms with Gasteiger partial charge in [-0.05, 0) is 42.8 Å². The predicted octanol–water partition coefficient (Wildman–Crippen LogP) is 3.68. The minimum atomic E-state index is -0.329. The first-order chi connectivity index (χ1) is 13.2. The van der Waals surface area contributed by atoms with Crippen molar-refractivity contribution in [2.45, 2.75) is 13.5 Å². The standard InChI is InChI=1S/C22H22N2O3/c1-3-27-19-13-12-18(15-20(19)26-2)22(25)23-21-11-7-8-14-24(21)16-17-9-5-4-6-10-17/h4-15H,3,16H2,1-2H3. The third-order valence-electron chi connectivity index (χ3n) is 4.04. The number of nitrogens with zero attached hydrogens (tertiary/aromatic N) is 2. The van der Waals surface area contributed by atoms with Crippen LogP contribution < -0.4 is 15.0 Å². The highest BCUT2D eigenvalue weighted by molar-refractivity contribution is 5.95. The van der Waals surface area contributed by atoms with Crippen LogP contribution in [0, 0.1) is 0 Å². The molecule has 0 radical (unpaired) electrons. The van der Waals surface area contributed by atoms with Crippen LogP contribution in [0.2, 0.25) is 0 Å². The summed E-state index contributed by atoms with van der Waals surface area (Å²) in [6.45, 7) is 3.06. The van der Waals surface area contributed by atoms with Crippen molar-refractivity contribution >= 4 is 5.91 Å². The van der Waals surface area contributed by atoms with Gasteiger partial charge >= 0.3 is 0 Å². The molecule has 1 amide bonds. The highest BCUT2D eigenvalue weighted by Gasteiger charge is 2.10. The Morgan fingerprint density at radius 3 is 2.52 bits per heavy atom. The molecule has 2 aromatic carbocycles. The van der Waals surface area contributed by atoms with Crippen molar-refractivity contribution in [1.29, 1.82) is 0 Å². The lowest BCUT2D eigenvalue weighted by Crippen LogP contribution is -2.22. The Morgan fingerprint density at radius 2 is 1.78 bits per heavy atom. The predicted molar refractivity (Wildman–Crippen MR) is 104 cm³/mol. The highest BCUT2D eigenvalue weighted by atomic mass is 16.5. The van der Waals surface area contributed by atoms with Crippen LogP contribution in [0.4, 0.5) is 0 Å². The number of aromatic nitrogens is 1. The van der Waals surface area contributed by atoms with Crippen LogP contribution in [0.1, 0.15) is 22.8 Å². The summed E-state index contributed by atoms with van der Waals surface area (Å²) in [5, 5.41) is 0. The van der Waals surface area contributed by atoms with E-state index >= 15 is 0 Å². The second-order valence-electron chi connectivity index (χ2n) is 5.89. The molecule has 0 fully saturated rings. The van der Waals surface area contributed by atoms with Gasteiger partial charge in [-0.2, -0.15) is 4.99 Å². The van der Waals surface area contributed by atoms with Gasteiger partial charge in [-0.15, -0.1) is 0 Å². The van der Waals surface area contributed by atoms with Crippen molar-refractivity contribution < 1.29 is 14.3 Å². The van der Waals surface area contributed by atoms with E-state index in [0.717, 1.165) is 5.56 Å². The number of ether oxygens (including phenoxy) is 2. The molecule has 0 saturated carbocycles. The van der Waals surface area contributed by atoms with Crippen LogP contribution in [0.25, 0.3) is 0 Å². The van der Waals surface area contributed by atoms with Crippen LogP contribution in [0.15, 0.2) is 77.9 Å². The summed E-state index contributed by atoms with van der Waals surface area (Å²) in [6, 6.07) is 20.8. The Hall–Kier alpha value is -3.34. The fourth-order valence-electron chi connectivity index (χ4n) is 2.73. The number of benzene rings is 2. The summed E-state index contributed by atoms with van der Waals surface area (Å²) >= 11 is 0. The smallest absolute Gasteiger partial charge is 0.279 e. The van der Waals surface area contributed by atoms with Gasteiger partial charge in [-0.1, -0.05) is 36.4 Å². The van der Waals surface area contributed by atoms with Crippen molar-refractivity contribution in [2.24, 2.45) is 4.99 Å². The van der Waals surface area contributed by atoms with Crippen LogP contribution in [-0.4, -0.2) is 24.2 Å². The first-order valence-electron chi connectivity index (χ1n) is 8.80. The second-order valence-corrected chi connectivity index (χ2v) is 5.89. The Kier molecular flexibility index (Phi) is 6.05. The number of amides is 1. The maximum atomic E-state index is 12.7.